The van der Waals surface area contributed by atoms with Crippen molar-refractivity contribution in [2.24, 2.45) is 17.6 Å². The number of rotatable bonds is 6. The van der Waals surface area contributed by atoms with E-state index in [0.29, 0.717) is 13.1 Å². The highest BCUT2D eigenvalue weighted by atomic mass is 16.5. The highest BCUT2D eigenvalue weighted by Gasteiger charge is 2.29. The molecule has 2 saturated heterocycles. The summed E-state index contributed by atoms with van der Waals surface area (Å²) in [5.41, 5.74) is 8.13. The lowest BCUT2D eigenvalue weighted by Gasteiger charge is -2.35. The maximum Gasteiger partial charge on any atom is 0.249 e. The van der Waals surface area contributed by atoms with Gasteiger partial charge in [-0.15, -0.1) is 0 Å². The Bertz CT molecular complexity index is 597. The Labute approximate surface area is 157 Å². The van der Waals surface area contributed by atoms with E-state index in [1.165, 1.54) is 17.5 Å². The molecule has 4 atom stereocenters. The van der Waals surface area contributed by atoms with E-state index in [2.05, 4.69) is 42.3 Å². The quantitative estimate of drug-likeness (QED) is 0.818. The number of carbonyl (C=O) groups is 1. The fourth-order valence-electron chi connectivity index (χ4n) is 4.41. The topological polar surface area (TPSA) is 67.6 Å². The van der Waals surface area contributed by atoms with E-state index in [1.54, 1.807) is 0 Å². The average Bonchev–Trinajstić information content (AvgIpc) is 3.09. The number of piperidine rings is 1. The van der Waals surface area contributed by atoms with Gasteiger partial charge in [-0.1, -0.05) is 38.1 Å². The van der Waals surface area contributed by atoms with Crippen molar-refractivity contribution in [3.8, 4) is 0 Å². The molecule has 2 aliphatic heterocycles. The first-order chi connectivity index (χ1) is 12.5. The second-order valence-corrected chi connectivity index (χ2v) is 8.19. The molecule has 1 aromatic rings. The van der Waals surface area contributed by atoms with Crippen molar-refractivity contribution in [1.29, 1.82) is 0 Å². The van der Waals surface area contributed by atoms with Gasteiger partial charge in [-0.2, -0.15) is 0 Å². The summed E-state index contributed by atoms with van der Waals surface area (Å²) in [6.07, 6.45) is 2.63. The van der Waals surface area contributed by atoms with Crippen LogP contribution in [0, 0.1) is 11.8 Å². The molecule has 3 rings (SSSR count). The van der Waals surface area contributed by atoms with Crippen LogP contribution in [0.4, 0.5) is 0 Å². The highest BCUT2D eigenvalue weighted by Crippen LogP contribution is 2.23. The van der Waals surface area contributed by atoms with Gasteiger partial charge in [0.05, 0.1) is 6.10 Å². The number of carbonyl (C=O) groups excluding carboxylic acids is 1. The van der Waals surface area contributed by atoms with Crippen LogP contribution in [-0.2, 0) is 22.6 Å². The molecule has 0 spiro atoms. The number of hydrogen-bond donors (Lipinski definition) is 2. The monoisotopic (exact) mass is 359 g/mol. The van der Waals surface area contributed by atoms with E-state index in [0.717, 1.165) is 44.3 Å². The Morgan fingerprint density at radius 3 is 2.54 bits per heavy atom. The van der Waals surface area contributed by atoms with Gasteiger partial charge in [0.15, 0.2) is 0 Å². The van der Waals surface area contributed by atoms with Gasteiger partial charge in [-0.3, -0.25) is 9.69 Å². The van der Waals surface area contributed by atoms with Crippen molar-refractivity contribution in [1.82, 2.24) is 10.2 Å². The minimum Gasteiger partial charge on any atom is -0.364 e. The molecule has 2 heterocycles. The third-order valence-corrected chi connectivity index (χ3v) is 5.57. The molecule has 144 valence electrons. The van der Waals surface area contributed by atoms with E-state index in [1.807, 2.05) is 6.07 Å². The van der Waals surface area contributed by atoms with Crippen molar-refractivity contribution < 1.29 is 9.53 Å². The molecule has 0 bridgehead atoms. The maximum atomic E-state index is 12.4. The van der Waals surface area contributed by atoms with Gasteiger partial charge in [-0.25, -0.2) is 0 Å². The summed E-state index contributed by atoms with van der Waals surface area (Å²) in [7, 11) is 0. The second-order valence-electron chi connectivity index (χ2n) is 8.19. The molecule has 2 fully saturated rings. The molecule has 5 heteroatoms. The summed E-state index contributed by atoms with van der Waals surface area (Å²) in [6, 6.07) is 8.43. The Morgan fingerprint density at radius 1 is 1.19 bits per heavy atom. The average molecular weight is 360 g/mol. The zero-order valence-corrected chi connectivity index (χ0v) is 16.1. The molecule has 2 aliphatic rings. The zero-order valence-electron chi connectivity index (χ0n) is 16.1. The van der Waals surface area contributed by atoms with E-state index in [9.17, 15) is 4.79 Å². The molecule has 3 N–H and O–H groups in total. The molecule has 26 heavy (non-hydrogen) atoms. The largest absolute Gasteiger partial charge is 0.364 e. The van der Waals surface area contributed by atoms with Crippen molar-refractivity contribution in [3.63, 3.8) is 0 Å². The van der Waals surface area contributed by atoms with Gasteiger partial charge in [0.1, 0.15) is 6.10 Å². The van der Waals surface area contributed by atoms with Gasteiger partial charge in [0.2, 0.25) is 5.91 Å². The van der Waals surface area contributed by atoms with E-state index < -0.39 is 0 Å². The van der Waals surface area contributed by atoms with Crippen LogP contribution < -0.4 is 11.1 Å². The fourth-order valence-corrected chi connectivity index (χ4v) is 4.41. The molecular weight excluding hydrogens is 326 g/mol. The number of ether oxygens (including phenoxy) is 1. The summed E-state index contributed by atoms with van der Waals surface area (Å²) in [4.78, 5) is 14.9. The third kappa shape index (κ3) is 5.06. The number of amides is 1. The molecule has 0 saturated carbocycles. The fraction of sp³-hybridized carbons (Fsp3) is 0.667. The summed E-state index contributed by atoms with van der Waals surface area (Å²) in [6.45, 7) is 8.98. The van der Waals surface area contributed by atoms with Gasteiger partial charge in [0.25, 0.3) is 0 Å². The van der Waals surface area contributed by atoms with E-state index in [-0.39, 0.29) is 18.1 Å². The number of nitrogens with two attached hydrogens (primary N) is 1. The molecule has 0 aliphatic carbocycles. The summed E-state index contributed by atoms with van der Waals surface area (Å²) >= 11 is 0. The number of hydrogen-bond acceptors (Lipinski definition) is 4. The molecule has 1 aromatic carbocycles. The molecule has 5 nitrogen and oxygen atoms in total. The number of nitrogens with one attached hydrogen (secondary N) is 1. The first-order valence-electron chi connectivity index (χ1n) is 9.97. The Kier molecular flexibility index (Phi) is 6.68. The highest BCUT2D eigenvalue weighted by molar-refractivity contribution is 5.81. The molecule has 0 aromatic heterocycles. The normalized spacial score (nSPS) is 29.7. The summed E-state index contributed by atoms with van der Waals surface area (Å²) in [5.74, 6) is 1.48. The first-order valence-corrected chi connectivity index (χ1v) is 9.97. The maximum absolute atomic E-state index is 12.4. The number of nitrogens with zero attached hydrogens (tertiary/aromatic N) is 1. The zero-order chi connectivity index (χ0) is 18.5. The summed E-state index contributed by atoms with van der Waals surface area (Å²) in [5, 5.41) is 3.06. The standard InChI is InChI=1S/C21H33N3O2/c1-15-9-16(2)13-24(12-15)14-18-6-4-3-5-17(18)11-23-21(25)20-8-7-19(10-22)26-20/h3-6,15-16,19-20H,7-14,22H2,1-2H3,(H,23,25)/t15?,16?,19-,20+/m1/s1. The van der Waals surface area contributed by atoms with Crippen LogP contribution in [0.1, 0.15) is 44.2 Å². The second kappa shape index (κ2) is 8.98. The summed E-state index contributed by atoms with van der Waals surface area (Å²) < 4.78 is 5.69. The lowest BCUT2D eigenvalue weighted by Crippen LogP contribution is -2.38. The lowest BCUT2D eigenvalue weighted by atomic mass is 9.91. The Morgan fingerprint density at radius 2 is 1.88 bits per heavy atom. The third-order valence-electron chi connectivity index (χ3n) is 5.57. The predicted octanol–water partition coefficient (Wildman–Crippen LogP) is 2.29. The van der Waals surface area contributed by atoms with Crippen LogP contribution in [0.25, 0.3) is 0 Å². The molecule has 1 amide bonds. The van der Waals surface area contributed by atoms with Crippen LogP contribution >= 0.6 is 0 Å². The van der Waals surface area contributed by atoms with Crippen molar-refractivity contribution in [3.05, 3.63) is 35.4 Å². The van der Waals surface area contributed by atoms with Crippen LogP contribution in [0.3, 0.4) is 0 Å². The van der Waals surface area contributed by atoms with E-state index >= 15 is 0 Å². The van der Waals surface area contributed by atoms with Gasteiger partial charge in [-0.05, 0) is 42.2 Å². The van der Waals surface area contributed by atoms with Gasteiger partial charge >= 0.3 is 0 Å². The van der Waals surface area contributed by atoms with Crippen molar-refractivity contribution in [2.75, 3.05) is 19.6 Å². The minimum atomic E-state index is -0.348. The van der Waals surface area contributed by atoms with Crippen molar-refractivity contribution in [2.45, 2.75) is 58.4 Å². The predicted molar refractivity (Wildman–Crippen MR) is 103 cm³/mol. The lowest BCUT2D eigenvalue weighted by molar-refractivity contribution is -0.132. The van der Waals surface area contributed by atoms with Gasteiger partial charge in [0, 0.05) is 32.7 Å². The van der Waals surface area contributed by atoms with Crippen LogP contribution in [-0.4, -0.2) is 42.6 Å². The van der Waals surface area contributed by atoms with Gasteiger partial charge < -0.3 is 15.8 Å². The van der Waals surface area contributed by atoms with Crippen LogP contribution in [0.5, 0.6) is 0 Å². The molecule has 2 unspecified atom stereocenters. The number of likely N-dealkylation sites (tertiary alicyclic amines) is 1. The number of benzene rings is 1. The van der Waals surface area contributed by atoms with Crippen LogP contribution in [0.15, 0.2) is 24.3 Å². The smallest absolute Gasteiger partial charge is 0.249 e. The SMILES string of the molecule is CC1CC(C)CN(Cc2ccccc2CNC(=O)[C@@H]2CC[C@H](CN)O2)C1. The minimum absolute atomic E-state index is 0.0176. The van der Waals surface area contributed by atoms with Crippen molar-refractivity contribution >= 4 is 5.91 Å². The Hall–Kier alpha value is -1.43. The first kappa shape index (κ1) is 19.3. The Balaban J connectivity index is 1.56. The van der Waals surface area contributed by atoms with E-state index in [4.69, 9.17) is 10.5 Å². The molecular formula is C21H33N3O2. The van der Waals surface area contributed by atoms with Crippen LogP contribution in [0.2, 0.25) is 0 Å². The molecule has 0 radical (unpaired) electrons.